The summed E-state index contributed by atoms with van der Waals surface area (Å²) in [5.41, 5.74) is 1.16. The highest BCUT2D eigenvalue weighted by atomic mass is 35.5. The van der Waals surface area contributed by atoms with Crippen LogP contribution in [0.3, 0.4) is 0 Å². The lowest BCUT2D eigenvalue weighted by atomic mass is 10.2. The molecule has 0 spiro atoms. The zero-order valence-corrected chi connectivity index (χ0v) is 7.09. The summed E-state index contributed by atoms with van der Waals surface area (Å²) in [5, 5.41) is 8.72. The van der Waals surface area contributed by atoms with Crippen LogP contribution in [0.1, 0.15) is 21.6 Å². The molecule has 0 unspecified atom stereocenters. The normalized spacial score (nSPS) is 9.08. The minimum absolute atomic E-state index is 0.140. The summed E-state index contributed by atoms with van der Waals surface area (Å²) < 4.78 is 0. The third-order valence-corrected chi connectivity index (χ3v) is 1.74. The van der Waals surface area contributed by atoms with Gasteiger partial charge in [0.2, 0.25) is 0 Å². The molecule has 1 heterocycles. The second kappa shape index (κ2) is 3.33. The van der Waals surface area contributed by atoms with E-state index in [-0.39, 0.29) is 10.7 Å². The number of hydrogen-bond donors (Lipinski definition) is 0. The molecule has 0 N–H and O–H groups in total. The highest BCUT2D eigenvalue weighted by molar-refractivity contribution is 6.31. The summed E-state index contributed by atoms with van der Waals surface area (Å²) in [6, 6.07) is 3.35. The minimum Gasteiger partial charge on any atom is -0.298 e. The zero-order chi connectivity index (χ0) is 9.14. The van der Waals surface area contributed by atoms with Crippen molar-refractivity contribution < 1.29 is 4.79 Å². The average molecular weight is 181 g/mol. The molecule has 1 aromatic rings. The molecule has 0 fully saturated rings. The van der Waals surface area contributed by atoms with Crippen molar-refractivity contribution in [3.63, 3.8) is 0 Å². The van der Waals surface area contributed by atoms with Crippen LogP contribution in [0.4, 0.5) is 0 Å². The predicted octanol–water partition coefficient (Wildman–Crippen LogP) is 1.73. The van der Waals surface area contributed by atoms with Gasteiger partial charge in [-0.25, -0.2) is 4.98 Å². The van der Waals surface area contributed by atoms with E-state index in [9.17, 15) is 4.79 Å². The fraction of sp³-hybridized carbons (Fsp3) is 0.125. The largest absolute Gasteiger partial charge is 0.298 e. The van der Waals surface area contributed by atoms with Crippen molar-refractivity contribution in [1.29, 1.82) is 5.26 Å². The van der Waals surface area contributed by atoms with Crippen molar-refractivity contribution in [3.8, 4) is 6.07 Å². The first-order valence-electron chi connectivity index (χ1n) is 3.21. The maximum atomic E-state index is 10.4. The van der Waals surface area contributed by atoms with Crippen LogP contribution < -0.4 is 0 Å². The molecule has 60 valence electrons. The first-order chi connectivity index (χ1) is 5.69. The van der Waals surface area contributed by atoms with E-state index < -0.39 is 0 Å². The van der Waals surface area contributed by atoms with Gasteiger partial charge in [0.05, 0.1) is 16.8 Å². The number of nitrogens with zero attached hydrogens (tertiary/aromatic N) is 2. The molecule has 0 bridgehead atoms. The minimum atomic E-state index is 0.140. The number of hydrogen-bond acceptors (Lipinski definition) is 3. The Labute approximate surface area is 74.6 Å². The molecule has 0 saturated heterocycles. The lowest BCUT2D eigenvalue weighted by Gasteiger charge is -1.98. The standard InChI is InChI=1S/C8H5ClN2O/c1-5-6(3-10)2-7(4-12)8(9)11-5/h2,4H,1H3. The molecule has 0 aliphatic rings. The van der Waals surface area contributed by atoms with Gasteiger partial charge >= 0.3 is 0 Å². The molecule has 12 heavy (non-hydrogen) atoms. The summed E-state index contributed by atoms with van der Waals surface area (Å²) in [5.74, 6) is 0. The van der Waals surface area contributed by atoms with Crippen LogP contribution in [-0.2, 0) is 0 Å². The van der Waals surface area contributed by atoms with Gasteiger partial charge in [-0.05, 0) is 13.0 Å². The van der Waals surface area contributed by atoms with Crippen molar-refractivity contribution >= 4 is 17.9 Å². The topological polar surface area (TPSA) is 53.8 Å². The van der Waals surface area contributed by atoms with Gasteiger partial charge in [0.1, 0.15) is 11.2 Å². The fourth-order valence-corrected chi connectivity index (χ4v) is 1.01. The number of carbonyl (C=O) groups excluding carboxylic acids is 1. The van der Waals surface area contributed by atoms with Crippen LogP contribution in [0, 0.1) is 18.3 Å². The predicted molar refractivity (Wildman–Crippen MR) is 44.1 cm³/mol. The third-order valence-electron chi connectivity index (χ3n) is 1.44. The molecule has 0 amide bonds. The summed E-state index contributed by atoms with van der Waals surface area (Å²) >= 11 is 5.61. The first-order valence-corrected chi connectivity index (χ1v) is 3.59. The van der Waals surface area contributed by atoms with E-state index in [1.54, 1.807) is 6.92 Å². The number of rotatable bonds is 1. The highest BCUT2D eigenvalue weighted by Crippen LogP contribution is 2.14. The second-order valence-corrected chi connectivity index (χ2v) is 2.59. The third kappa shape index (κ3) is 1.44. The monoisotopic (exact) mass is 180 g/mol. The van der Waals surface area contributed by atoms with Crippen LogP contribution in [0.2, 0.25) is 5.15 Å². The molecule has 0 saturated carbocycles. The van der Waals surface area contributed by atoms with Gasteiger partial charge < -0.3 is 0 Å². The van der Waals surface area contributed by atoms with Gasteiger partial charge in [0, 0.05) is 0 Å². The van der Waals surface area contributed by atoms with Crippen molar-refractivity contribution in [2.75, 3.05) is 0 Å². The lowest BCUT2D eigenvalue weighted by Crippen LogP contribution is -1.93. The van der Waals surface area contributed by atoms with E-state index in [1.165, 1.54) is 6.07 Å². The Balaban J connectivity index is 3.39. The van der Waals surface area contributed by atoms with Gasteiger partial charge in [-0.3, -0.25) is 4.79 Å². The maximum absolute atomic E-state index is 10.4. The lowest BCUT2D eigenvalue weighted by molar-refractivity contribution is 0.112. The smallest absolute Gasteiger partial charge is 0.153 e. The summed E-state index contributed by atoms with van der Waals surface area (Å²) in [6.07, 6.45) is 0.579. The van der Waals surface area contributed by atoms with Crippen LogP contribution in [0.15, 0.2) is 6.07 Å². The van der Waals surface area contributed by atoms with Crippen LogP contribution in [0.5, 0.6) is 0 Å². The second-order valence-electron chi connectivity index (χ2n) is 2.23. The number of pyridine rings is 1. The van der Waals surface area contributed by atoms with Crippen molar-refractivity contribution in [2.24, 2.45) is 0 Å². The molecule has 0 aliphatic carbocycles. The molecule has 0 aromatic carbocycles. The summed E-state index contributed by atoms with van der Waals surface area (Å²) in [6.45, 7) is 1.67. The van der Waals surface area contributed by atoms with Crippen LogP contribution in [0.25, 0.3) is 0 Å². The number of aldehydes is 1. The zero-order valence-electron chi connectivity index (χ0n) is 6.34. The van der Waals surface area contributed by atoms with Gasteiger partial charge in [0.15, 0.2) is 6.29 Å². The highest BCUT2D eigenvalue weighted by Gasteiger charge is 2.05. The SMILES string of the molecule is Cc1nc(Cl)c(C=O)cc1C#N. The molecule has 1 aromatic heterocycles. The Morgan fingerprint density at radius 3 is 2.92 bits per heavy atom. The molecule has 0 atom stereocenters. The summed E-state index contributed by atoms with van der Waals surface area (Å²) in [4.78, 5) is 14.2. The number of halogens is 1. The van der Waals surface area contributed by atoms with Crippen LogP contribution in [-0.4, -0.2) is 11.3 Å². The number of aryl methyl sites for hydroxylation is 1. The molecule has 1 rings (SSSR count). The molecule has 3 nitrogen and oxygen atoms in total. The maximum Gasteiger partial charge on any atom is 0.153 e. The van der Waals surface area contributed by atoms with E-state index >= 15 is 0 Å². The van der Waals surface area contributed by atoms with Crippen molar-refractivity contribution in [3.05, 3.63) is 28.0 Å². The van der Waals surface area contributed by atoms with Crippen molar-refractivity contribution in [2.45, 2.75) is 6.92 Å². The summed E-state index contributed by atoms with van der Waals surface area (Å²) in [7, 11) is 0. The molecular weight excluding hydrogens is 176 g/mol. The molecule has 0 aliphatic heterocycles. The number of nitriles is 1. The molecule has 0 radical (unpaired) electrons. The van der Waals surface area contributed by atoms with Gasteiger partial charge in [-0.15, -0.1) is 0 Å². The molecular formula is C8H5ClN2O. The Morgan fingerprint density at radius 2 is 2.42 bits per heavy atom. The Morgan fingerprint density at radius 1 is 1.75 bits per heavy atom. The van der Waals surface area contributed by atoms with Gasteiger partial charge in [-0.1, -0.05) is 11.6 Å². The van der Waals surface area contributed by atoms with Crippen molar-refractivity contribution in [1.82, 2.24) is 4.98 Å². The Kier molecular flexibility index (Phi) is 2.41. The van der Waals surface area contributed by atoms with Gasteiger partial charge in [0.25, 0.3) is 0 Å². The quantitative estimate of drug-likeness (QED) is 0.489. The fourth-order valence-electron chi connectivity index (χ4n) is 0.787. The van der Waals surface area contributed by atoms with E-state index in [0.29, 0.717) is 17.5 Å². The molecule has 4 heteroatoms. The Bertz CT molecular complexity index is 368. The number of carbonyl (C=O) groups is 1. The number of aromatic nitrogens is 1. The van der Waals surface area contributed by atoms with Crippen LogP contribution >= 0.6 is 11.6 Å². The van der Waals surface area contributed by atoms with E-state index in [1.807, 2.05) is 6.07 Å². The van der Waals surface area contributed by atoms with Gasteiger partial charge in [-0.2, -0.15) is 5.26 Å². The van der Waals surface area contributed by atoms with E-state index in [4.69, 9.17) is 16.9 Å². The van der Waals surface area contributed by atoms with E-state index in [2.05, 4.69) is 4.98 Å². The Hall–Kier alpha value is -1.40. The van der Waals surface area contributed by atoms with E-state index in [0.717, 1.165) is 0 Å². The first kappa shape index (κ1) is 8.69. The average Bonchev–Trinajstić information content (AvgIpc) is 2.05.